The van der Waals surface area contributed by atoms with Crippen LogP contribution < -0.4 is 15.2 Å². The maximum Gasteiger partial charge on any atom is 0.330 e. The lowest BCUT2D eigenvalue weighted by Gasteiger charge is -2.05. The van der Waals surface area contributed by atoms with Gasteiger partial charge in [-0.05, 0) is 12.1 Å². The SMILES string of the molecule is COc1nc(N)nc(Oc2ccc(F)c(F)c2)n1. The molecule has 1 aromatic carbocycles. The number of nitrogen functional groups attached to an aromatic ring is 1. The molecule has 0 saturated heterocycles. The van der Waals surface area contributed by atoms with Crippen LogP contribution >= 0.6 is 0 Å². The van der Waals surface area contributed by atoms with Crippen LogP contribution in [0.1, 0.15) is 0 Å². The predicted molar refractivity (Wildman–Crippen MR) is 57.2 cm³/mol. The molecule has 0 spiro atoms. The molecule has 6 nitrogen and oxygen atoms in total. The molecular formula is C10H8F2N4O2. The lowest BCUT2D eigenvalue weighted by molar-refractivity contribution is 0.359. The average molecular weight is 254 g/mol. The number of benzene rings is 1. The molecule has 0 atom stereocenters. The Kier molecular flexibility index (Phi) is 3.18. The number of anilines is 1. The van der Waals surface area contributed by atoms with Crippen molar-refractivity contribution in [3.63, 3.8) is 0 Å². The van der Waals surface area contributed by atoms with Gasteiger partial charge >= 0.3 is 12.0 Å². The number of hydrogen-bond acceptors (Lipinski definition) is 6. The minimum atomic E-state index is -1.04. The summed E-state index contributed by atoms with van der Waals surface area (Å²) in [4.78, 5) is 11.0. The van der Waals surface area contributed by atoms with Crippen molar-refractivity contribution in [1.29, 1.82) is 0 Å². The zero-order chi connectivity index (χ0) is 13.1. The van der Waals surface area contributed by atoms with Crippen LogP contribution in [0.4, 0.5) is 14.7 Å². The van der Waals surface area contributed by atoms with Crippen LogP contribution in [0.2, 0.25) is 0 Å². The summed E-state index contributed by atoms with van der Waals surface area (Å²) in [6.45, 7) is 0. The highest BCUT2D eigenvalue weighted by molar-refractivity contribution is 5.28. The fourth-order valence-corrected chi connectivity index (χ4v) is 1.14. The lowest BCUT2D eigenvalue weighted by atomic mass is 10.3. The number of hydrogen-bond donors (Lipinski definition) is 1. The van der Waals surface area contributed by atoms with E-state index < -0.39 is 11.6 Å². The summed E-state index contributed by atoms with van der Waals surface area (Å²) in [5, 5.41) is 0. The second-order valence-corrected chi connectivity index (χ2v) is 3.14. The van der Waals surface area contributed by atoms with Crippen molar-refractivity contribution in [1.82, 2.24) is 15.0 Å². The molecule has 0 aliphatic carbocycles. The van der Waals surface area contributed by atoms with E-state index >= 15 is 0 Å². The van der Waals surface area contributed by atoms with Gasteiger partial charge in [-0.15, -0.1) is 4.98 Å². The molecule has 2 N–H and O–H groups in total. The highest BCUT2D eigenvalue weighted by Gasteiger charge is 2.09. The van der Waals surface area contributed by atoms with Gasteiger partial charge in [0.05, 0.1) is 7.11 Å². The minimum Gasteiger partial charge on any atom is -0.467 e. The summed E-state index contributed by atoms with van der Waals surface area (Å²) in [7, 11) is 1.34. The second kappa shape index (κ2) is 4.78. The van der Waals surface area contributed by atoms with Crippen molar-refractivity contribution in [3.05, 3.63) is 29.8 Å². The Morgan fingerprint density at radius 1 is 1.06 bits per heavy atom. The molecule has 8 heteroatoms. The monoisotopic (exact) mass is 254 g/mol. The molecule has 2 rings (SSSR count). The van der Waals surface area contributed by atoms with E-state index in [1.165, 1.54) is 13.2 Å². The van der Waals surface area contributed by atoms with Crippen LogP contribution in [0, 0.1) is 11.6 Å². The third-order valence-corrected chi connectivity index (χ3v) is 1.89. The summed E-state index contributed by atoms with van der Waals surface area (Å²) in [5.41, 5.74) is 5.39. The topological polar surface area (TPSA) is 83.2 Å². The van der Waals surface area contributed by atoms with Gasteiger partial charge in [0.25, 0.3) is 0 Å². The molecular weight excluding hydrogens is 246 g/mol. The van der Waals surface area contributed by atoms with Gasteiger partial charge in [0, 0.05) is 6.07 Å². The molecule has 0 unspecified atom stereocenters. The lowest BCUT2D eigenvalue weighted by Crippen LogP contribution is -2.03. The molecule has 1 aromatic heterocycles. The summed E-state index contributed by atoms with van der Waals surface area (Å²) in [5.74, 6) is -2.10. The Hall–Kier alpha value is -2.51. The van der Waals surface area contributed by atoms with Crippen molar-refractivity contribution in [2.45, 2.75) is 0 Å². The van der Waals surface area contributed by atoms with Crippen molar-refractivity contribution in [2.24, 2.45) is 0 Å². The molecule has 1 heterocycles. The maximum atomic E-state index is 12.9. The largest absolute Gasteiger partial charge is 0.467 e. The quantitative estimate of drug-likeness (QED) is 0.894. The number of methoxy groups -OCH3 is 1. The fourth-order valence-electron chi connectivity index (χ4n) is 1.14. The van der Waals surface area contributed by atoms with Gasteiger partial charge in [0.1, 0.15) is 5.75 Å². The Bertz CT molecular complexity index is 580. The summed E-state index contributed by atoms with van der Waals surface area (Å²) in [6.07, 6.45) is 0. The molecule has 18 heavy (non-hydrogen) atoms. The normalized spacial score (nSPS) is 10.2. The van der Waals surface area contributed by atoms with E-state index in [-0.39, 0.29) is 23.7 Å². The molecule has 2 aromatic rings. The van der Waals surface area contributed by atoms with Crippen molar-refractivity contribution in [3.8, 4) is 17.8 Å². The molecule has 0 fully saturated rings. The van der Waals surface area contributed by atoms with Gasteiger partial charge in [0.15, 0.2) is 11.6 Å². The van der Waals surface area contributed by atoms with E-state index in [0.29, 0.717) is 0 Å². The smallest absolute Gasteiger partial charge is 0.330 e. The van der Waals surface area contributed by atoms with Crippen LogP contribution in [-0.2, 0) is 0 Å². The predicted octanol–water partition coefficient (Wildman–Crippen LogP) is 1.53. The van der Waals surface area contributed by atoms with E-state index in [0.717, 1.165) is 12.1 Å². The standard InChI is InChI=1S/C10H8F2N4O2/c1-17-9-14-8(13)15-10(16-9)18-5-2-3-6(11)7(12)4-5/h2-4H,1H3,(H2,13,14,15,16). The fraction of sp³-hybridized carbons (Fsp3) is 0.100. The number of nitrogens with two attached hydrogens (primary N) is 1. The maximum absolute atomic E-state index is 12.9. The Morgan fingerprint density at radius 2 is 1.78 bits per heavy atom. The second-order valence-electron chi connectivity index (χ2n) is 3.14. The first-order chi connectivity index (χ1) is 8.58. The number of ether oxygens (including phenoxy) is 2. The number of halogens is 2. The first-order valence-electron chi connectivity index (χ1n) is 4.77. The van der Waals surface area contributed by atoms with E-state index in [9.17, 15) is 8.78 Å². The van der Waals surface area contributed by atoms with Gasteiger partial charge < -0.3 is 15.2 Å². The van der Waals surface area contributed by atoms with Crippen LogP contribution in [0.25, 0.3) is 0 Å². The Morgan fingerprint density at radius 3 is 2.44 bits per heavy atom. The van der Waals surface area contributed by atoms with E-state index in [1.807, 2.05) is 0 Å². The first kappa shape index (κ1) is 12.0. The van der Waals surface area contributed by atoms with Crippen LogP contribution in [0.15, 0.2) is 18.2 Å². The summed E-state index contributed by atoms with van der Waals surface area (Å²) >= 11 is 0. The third kappa shape index (κ3) is 2.59. The Labute approximate surface area is 100 Å². The molecule has 0 aliphatic heterocycles. The molecule has 94 valence electrons. The average Bonchev–Trinajstić information content (AvgIpc) is 2.33. The molecule has 0 saturated carbocycles. The van der Waals surface area contributed by atoms with Crippen LogP contribution in [0.3, 0.4) is 0 Å². The van der Waals surface area contributed by atoms with Gasteiger partial charge in [-0.3, -0.25) is 0 Å². The third-order valence-electron chi connectivity index (χ3n) is 1.89. The van der Waals surface area contributed by atoms with Gasteiger partial charge in [-0.2, -0.15) is 9.97 Å². The van der Waals surface area contributed by atoms with Crippen molar-refractivity contribution >= 4 is 5.95 Å². The van der Waals surface area contributed by atoms with E-state index in [4.69, 9.17) is 15.2 Å². The first-order valence-corrected chi connectivity index (χ1v) is 4.77. The minimum absolute atomic E-state index is 0.0292. The van der Waals surface area contributed by atoms with Crippen molar-refractivity contribution in [2.75, 3.05) is 12.8 Å². The van der Waals surface area contributed by atoms with E-state index in [1.54, 1.807) is 0 Å². The summed E-state index contributed by atoms with van der Waals surface area (Å²) < 4.78 is 35.5. The number of nitrogens with zero attached hydrogens (tertiary/aromatic N) is 3. The van der Waals surface area contributed by atoms with E-state index in [2.05, 4.69) is 15.0 Å². The molecule has 0 radical (unpaired) electrons. The van der Waals surface area contributed by atoms with Crippen LogP contribution in [0.5, 0.6) is 17.8 Å². The summed E-state index contributed by atoms with van der Waals surface area (Å²) in [6, 6.07) is 2.80. The van der Waals surface area contributed by atoms with Gasteiger partial charge in [-0.1, -0.05) is 0 Å². The highest BCUT2D eigenvalue weighted by atomic mass is 19.2. The van der Waals surface area contributed by atoms with Gasteiger partial charge in [-0.25, -0.2) is 8.78 Å². The molecule has 0 aliphatic rings. The molecule has 0 amide bonds. The zero-order valence-electron chi connectivity index (χ0n) is 9.22. The van der Waals surface area contributed by atoms with Gasteiger partial charge in [0.2, 0.25) is 5.95 Å². The van der Waals surface area contributed by atoms with Crippen molar-refractivity contribution < 1.29 is 18.3 Å². The highest BCUT2D eigenvalue weighted by Crippen LogP contribution is 2.21. The number of rotatable bonds is 3. The molecule has 0 bridgehead atoms. The zero-order valence-corrected chi connectivity index (χ0v) is 9.22. The van der Waals surface area contributed by atoms with Crippen LogP contribution in [-0.4, -0.2) is 22.1 Å². The number of aromatic nitrogens is 3. The Balaban J connectivity index is 2.27.